The largest absolute Gasteiger partial charge is 0.480 e. The van der Waals surface area contributed by atoms with Crippen LogP contribution in [0.4, 0.5) is 4.79 Å². The molecule has 1 saturated carbocycles. The molecule has 6 heteroatoms. The maximum Gasteiger partial charge on any atom is 0.327 e. The number of hydrogen-bond acceptors (Lipinski definition) is 3. The first-order chi connectivity index (χ1) is 9.09. The smallest absolute Gasteiger partial charge is 0.327 e. The van der Waals surface area contributed by atoms with Gasteiger partial charge in [0.2, 0.25) is 0 Å². The highest BCUT2D eigenvalue weighted by atomic mass is 32.2. The molecule has 0 bridgehead atoms. The molecule has 108 valence electrons. The maximum atomic E-state index is 12.3. The summed E-state index contributed by atoms with van der Waals surface area (Å²) in [5, 5.41) is 9.11. The molecule has 2 aliphatic rings. The number of rotatable bonds is 3. The molecule has 0 aromatic carbocycles. The second kappa shape index (κ2) is 6.50. The lowest BCUT2D eigenvalue weighted by Gasteiger charge is -2.31. The van der Waals surface area contributed by atoms with Crippen LogP contribution in [0.2, 0.25) is 0 Å². The van der Waals surface area contributed by atoms with Crippen LogP contribution < -0.4 is 0 Å². The predicted molar refractivity (Wildman–Crippen MR) is 75.2 cm³/mol. The van der Waals surface area contributed by atoms with Gasteiger partial charge in [-0.15, -0.1) is 11.8 Å². The number of carbonyl (C=O) groups excluding carboxylic acids is 1. The summed E-state index contributed by atoms with van der Waals surface area (Å²) in [6.45, 7) is 0.756. The molecular formula is C13H22N2O3S. The fourth-order valence-electron chi connectivity index (χ4n) is 2.89. The summed E-state index contributed by atoms with van der Waals surface area (Å²) in [6.07, 6.45) is 6.19. The Balaban J connectivity index is 1.89. The van der Waals surface area contributed by atoms with Gasteiger partial charge in [-0.3, -0.25) is 0 Å². The molecule has 2 fully saturated rings. The zero-order valence-electron chi connectivity index (χ0n) is 11.4. The van der Waals surface area contributed by atoms with Crippen molar-refractivity contribution in [2.75, 3.05) is 25.2 Å². The minimum Gasteiger partial charge on any atom is -0.480 e. The lowest BCUT2D eigenvalue weighted by Crippen LogP contribution is -2.48. The Morgan fingerprint density at radius 3 is 2.63 bits per heavy atom. The van der Waals surface area contributed by atoms with Crippen LogP contribution in [0.1, 0.15) is 32.1 Å². The summed E-state index contributed by atoms with van der Waals surface area (Å²) >= 11 is 1.51. The molecule has 1 unspecified atom stereocenters. The van der Waals surface area contributed by atoms with E-state index in [2.05, 4.69) is 0 Å². The summed E-state index contributed by atoms with van der Waals surface area (Å²) in [4.78, 5) is 26.6. The van der Waals surface area contributed by atoms with Gasteiger partial charge < -0.3 is 14.9 Å². The molecular weight excluding hydrogens is 264 g/mol. The van der Waals surface area contributed by atoms with Gasteiger partial charge in [0.1, 0.15) is 6.04 Å². The number of carbonyl (C=O) groups is 2. The van der Waals surface area contributed by atoms with Crippen LogP contribution in [0.25, 0.3) is 0 Å². The van der Waals surface area contributed by atoms with E-state index in [1.165, 1.54) is 48.8 Å². The highest BCUT2D eigenvalue weighted by Gasteiger charge is 2.36. The second-order valence-electron chi connectivity index (χ2n) is 5.49. The van der Waals surface area contributed by atoms with Crippen LogP contribution in [0, 0.1) is 5.92 Å². The van der Waals surface area contributed by atoms with Gasteiger partial charge >= 0.3 is 12.0 Å². The molecule has 0 aromatic rings. The van der Waals surface area contributed by atoms with Crippen molar-refractivity contribution in [3.05, 3.63) is 0 Å². The topological polar surface area (TPSA) is 60.9 Å². The van der Waals surface area contributed by atoms with E-state index < -0.39 is 12.0 Å². The Morgan fingerprint density at radius 1 is 1.32 bits per heavy atom. The number of nitrogens with zero attached hydrogens (tertiary/aromatic N) is 2. The molecule has 0 aromatic heterocycles. The Labute approximate surface area is 118 Å². The van der Waals surface area contributed by atoms with Gasteiger partial charge in [-0.1, -0.05) is 19.3 Å². The first kappa shape index (κ1) is 14.5. The first-order valence-corrected chi connectivity index (χ1v) is 8.07. The third-order valence-electron chi connectivity index (χ3n) is 4.00. The third-order valence-corrected chi connectivity index (χ3v) is 5.01. The van der Waals surface area contributed by atoms with E-state index in [0.717, 1.165) is 6.54 Å². The number of hydrogen-bond donors (Lipinski definition) is 1. The highest BCUT2D eigenvalue weighted by Crippen LogP contribution is 2.26. The molecule has 1 atom stereocenters. The monoisotopic (exact) mass is 286 g/mol. The average molecular weight is 286 g/mol. The molecule has 1 heterocycles. The summed E-state index contributed by atoms with van der Waals surface area (Å²) in [6, 6.07) is -0.797. The van der Waals surface area contributed by atoms with Gasteiger partial charge in [-0.05, 0) is 18.8 Å². The second-order valence-corrected chi connectivity index (χ2v) is 6.49. The molecule has 0 radical (unpaired) electrons. The Hall–Kier alpha value is -0.910. The molecule has 2 rings (SSSR count). The number of urea groups is 1. The normalized spacial score (nSPS) is 24.5. The van der Waals surface area contributed by atoms with E-state index in [0.29, 0.717) is 17.5 Å². The minimum atomic E-state index is -0.899. The third kappa shape index (κ3) is 3.55. The first-order valence-electron chi connectivity index (χ1n) is 6.92. The molecule has 19 heavy (non-hydrogen) atoms. The van der Waals surface area contributed by atoms with Gasteiger partial charge in [0, 0.05) is 19.3 Å². The van der Waals surface area contributed by atoms with Crippen LogP contribution in [-0.4, -0.2) is 58.2 Å². The summed E-state index contributed by atoms with van der Waals surface area (Å²) < 4.78 is 0. The summed E-state index contributed by atoms with van der Waals surface area (Å²) in [5.41, 5.74) is 0. The lowest BCUT2D eigenvalue weighted by atomic mass is 9.89. The van der Waals surface area contributed by atoms with Crippen LogP contribution in [0.3, 0.4) is 0 Å². The van der Waals surface area contributed by atoms with Crippen LogP contribution in [-0.2, 0) is 4.79 Å². The SMILES string of the molecule is CN(CC1CCCCC1)C(=O)N1CSCC1C(=O)O. The van der Waals surface area contributed by atoms with E-state index in [9.17, 15) is 9.59 Å². The van der Waals surface area contributed by atoms with Gasteiger partial charge in [0.15, 0.2) is 0 Å². The fraction of sp³-hybridized carbons (Fsp3) is 0.846. The van der Waals surface area contributed by atoms with Gasteiger partial charge in [0.25, 0.3) is 0 Å². The lowest BCUT2D eigenvalue weighted by molar-refractivity contribution is -0.140. The van der Waals surface area contributed by atoms with Crippen molar-refractivity contribution in [3.63, 3.8) is 0 Å². The zero-order chi connectivity index (χ0) is 13.8. The van der Waals surface area contributed by atoms with Crippen molar-refractivity contribution in [1.29, 1.82) is 0 Å². The zero-order valence-corrected chi connectivity index (χ0v) is 12.2. The van der Waals surface area contributed by atoms with Crippen molar-refractivity contribution in [1.82, 2.24) is 9.80 Å². The van der Waals surface area contributed by atoms with E-state index in [-0.39, 0.29) is 6.03 Å². The molecule has 2 amide bonds. The van der Waals surface area contributed by atoms with Crippen molar-refractivity contribution >= 4 is 23.8 Å². The molecule has 0 spiro atoms. The van der Waals surface area contributed by atoms with Crippen LogP contribution >= 0.6 is 11.8 Å². The quantitative estimate of drug-likeness (QED) is 0.863. The maximum absolute atomic E-state index is 12.3. The number of thioether (sulfide) groups is 1. The van der Waals surface area contributed by atoms with E-state index in [4.69, 9.17) is 5.11 Å². The Bertz CT molecular complexity index is 345. The van der Waals surface area contributed by atoms with Crippen LogP contribution in [0.5, 0.6) is 0 Å². The number of amides is 2. The van der Waals surface area contributed by atoms with Gasteiger partial charge in [-0.2, -0.15) is 0 Å². The van der Waals surface area contributed by atoms with Crippen molar-refractivity contribution in [2.24, 2.45) is 5.92 Å². The van der Waals surface area contributed by atoms with E-state index >= 15 is 0 Å². The van der Waals surface area contributed by atoms with Gasteiger partial charge in [0.05, 0.1) is 5.88 Å². The average Bonchev–Trinajstić information content (AvgIpc) is 2.88. The molecule has 1 aliphatic heterocycles. The van der Waals surface area contributed by atoms with Crippen LogP contribution in [0.15, 0.2) is 0 Å². The molecule has 5 nitrogen and oxygen atoms in total. The molecule has 1 N–H and O–H groups in total. The fourth-order valence-corrected chi connectivity index (χ4v) is 4.03. The number of carboxylic acid groups (broad SMARTS) is 1. The minimum absolute atomic E-state index is 0.136. The van der Waals surface area contributed by atoms with Crippen molar-refractivity contribution < 1.29 is 14.7 Å². The van der Waals surface area contributed by atoms with Gasteiger partial charge in [-0.25, -0.2) is 9.59 Å². The highest BCUT2D eigenvalue weighted by molar-refractivity contribution is 7.99. The van der Waals surface area contributed by atoms with Crippen molar-refractivity contribution in [3.8, 4) is 0 Å². The van der Waals surface area contributed by atoms with E-state index in [1.807, 2.05) is 0 Å². The number of aliphatic carboxylic acids is 1. The summed E-state index contributed by atoms with van der Waals surface area (Å²) in [5.74, 6) is 0.675. The van der Waals surface area contributed by atoms with Crippen molar-refractivity contribution in [2.45, 2.75) is 38.1 Å². The summed E-state index contributed by atoms with van der Waals surface area (Å²) in [7, 11) is 1.79. The predicted octanol–water partition coefficient (Wildman–Crippen LogP) is 2.08. The van der Waals surface area contributed by atoms with E-state index in [1.54, 1.807) is 11.9 Å². The standard InChI is InChI=1S/C13H22N2O3S/c1-14(7-10-5-3-2-4-6-10)13(18)15-9-19-8-11(15)12(16)17/h10-11H,2-9H2,1H3,(H,16,17). The molecule has 1 aliphatic carbocycles. The number of carboxylic acids is 1. The Morgan fingerprint density at radius 2 is 2.00 bits per heavy atom. The molecule has 1 saturated heterocycles. The Kier molecular flexibility index (Phi) is 4.96.